The lowest BCUT2D eigenvalue weighted by molar-refractivity contribution is -0.135. The van der Waals surface area contributed by atoms with E-state index in [2.05, 4.69) is 10.6 Å². The van der Waals surface area contributed by atoms with Gasteiger partial charge >= 0.3 is 0 Å². The Hall–Kier alpha value is -3.02. The van der Waals surface area contributed by atoms with Crippen LogP contribution in [-0.2, 0) is 20.8 Å². The molecule has 26 heavy (non-hydrogen) atoms. The van der Waals surface area contributed by atoms with Crippen LogP contribution >= 0.6 is 0 Å². The number of para-hydroxylation sites is 1. The number of aryl methyl sites for hydroxylation is 1. The van der Waals surface area contributed by atoms with Crippen molar-refractivity contribution >= 4 is 23.3 Å². The normalized spacial score (nSPS) is 22.2. The van der Waals surface area contributed by atoms with Crippen LogP contribution in [0.1, 0.15) is 18.9 Å². The van der Waals surface area contributed by atoms with Gasteiger partial charge in [-0.1, -0.05) is 42.5 Å². The molecule has 5 nitrogen and oxygen atoms in total. The molecule has 0 aromatic heterocycles. The van der Waals surface area contributed by atoms with Gasteiger partial charge in [-0.3, -0.25) is 14.4 Å². The van der Waals surface area contributed by atoms with E-state index in [1.807, 2.05) is 30.3 Å². The van der Waals surface area contributed by atoms with Gasteiger partial charge < -0.3 is 10.6 Å². The molecule has 0 spiro atoms. The largest absolute Gasteiger partial charge is 0.343 e. The third-order valence-electron chi connectivity index (χ3n) is 4.62. The molecular weight excluding hydrogens is 335 g/mol. The molecule has 2 atom stereocenters. The number of ketones is 1. The number of anilines is 1. The minimum Gasteiger partial charge on any atom is -0.343 e. The molecule has 0 saturated carbocycles. The van der Waals surface area contributed by atoms with E-state index in [1.165, 1.54) is 18.2 Å². The van der Waals surface area contributed by atoms with E-state index in [1.54, 1.807) is 13.0 Å². The quantitative estimate of drug-likeness (QED) is 0.810. The first-order chi connectivity index (χ1) is 12.4. The first-order valence-corrected chi connectivity index (χ1v) is 8.36. The number of Topliss-reactive ketones (excluding diaryl/α,β-unsaturated/α-hetero) is 1. The van der Waals surface area contributed by atoms with E-state index in [-0.39, 0.29) is 5.69 Å². The van der Waals surface area contributed by atoms with E-state index in [9.17, 15) is 18.8 Å². The smallest absolute Gasteiger partial charge is 0.244 e. The lowest BCUT2D eigenvalue weighted by atomic mass is 9.87. The highest BCUT2D eigenvalue weighted by molar-refractivity contribution is 6.27. The monoisotopic (exact) mass is 354 g/mol. The van der Waals surface area contributed by atoms with Gasteiger partial charge in [-0.05, 0) is 37.5 Å². The number of carbonyl (C=O) groups is 3. The van der Waals surface area contributed by atoms with Crippen LogP contribution in [0, 0.1) is 11.7 Å². The second-order valence-corrected chi connectivity index (χ2v) is 6.57. The molecule has 0 bridgehead atoms. The lowest BCUT2D eigenvalue weighted by Crippen LogP contribution is -2.44. The molecular formula is C20H19FN2O3. The minimum absolute atomic E-state index is 0.0593. The van der Waals surface area contributed by atoms with Crippen LogP contribution in [0.3, 0.4) is 0 Å². The number of rotatable bonds is 5. The minimum atomic E-state index is -1.48. The van der Waals surface area contributed by atoms with E-state index in [0.717, 1.165) is 5.56 Å². The first-order valence-electron chi connectivity index (χ1n) is 8.36. The summed E-state index contributed by atoms with van der Waals surface area (Å²) < 4.78 is 13.7. The summed E-state index contributed by atoms with van der Waals surface area (Å²) in [4.78, 5) is 37.4. The Morgan fingerprint density at radius 2 is 1.77 bits per heavy atom. The fourth-order valence-corrected chi connectivity index (χ4v) is 3.07. The summed E-state index contributed by atoms with van der Waals surface area (Å²) in [7, 11) is 0. The lowest BCUT2D eigenvalue weighted by Gasteiger charge is -2.22. The molecule has 1 aliphatic rings. The highest BCUT2D eigenvalue weighted by atomic mass is 19.1. The molecule has 2 unspecified atom stereocenters. The molecule has 2 aromatic carbocycles. The Morgan fingerprint density at radius 3 is 2.46 bits per heavy atom. The fraction of sp³-hybridized carbons (Fsp3) is 0.250. The predicted molar refractivity (Wildman–Crippen MR) is 94.8 cm³/mol. The van der Waals surface area contributed by atoms with Crippen molar-refractivity contribution in [3.63, 3.8) is 0 Å². The van der Waals surface area contributed by atoms with E-state index in [0.29, 0.717) is 12.8 Å². The summed E-state index contributed by atoms with van der Waals surface area (Å²) in [6.45, 7) is 1.62. The molecule has 1 aliphatic heterocycles. The summed E-state index contributed by atoms with van der Waals surface area (Å²) in [6, 6.07) is 15.2. The summed E-state index contributed by atoms with van der Waals surface area (Å²) in [6.07, 6.45) is 0.968. The van der Waals surface area contributed by atoms with Gasteiger partial charge in [0, 0.05) is 0 Å². The number of benzene rings is 2. The number of carbonyl (C=O) groups excluding carboxylic acids is 3. The maximum atomic E-state index is 13.7. The second kappa shape index (κ2) is 7.07. The van der Waals surface area contributed by atoms with Gasteiger partial charge in [0.1, 0.15) is 5.82 Å². The van der Waals surface area contributed by atoms with Gasteiger partial charge in [-0.25, -0.2) is 4.39 Å². The van der Waals surface area contributed by atoms with E-state index < -0.39 is 34.9 Å². The van der Waals surface area contributed by atoms with Gasteiger partial charge in [-0.15, -0.1) is 0 Å². The van der Waals surface area contributed by atoms with Crippen molar-refractivity contribution in [3.8, 4) is 0 Å². The molecule has 134 valence electrons. The zero-order valence-electron chi connectivity index (χ0n) is 14.3. The molecule has 2 amide bonds. The van der Waals surface area contributed by atoms with Gasteiger partial charge in [0.05, 0.1) is 11.2 Å². The van der Waals surface area contributed by atoms with Crippen LogP contribution in [0.5, 0.6) is 0 Å². The van der Waals surface area contributed by atoms with Gasteiger partial charge in [-0.2, -0.15) is 0 Å². The van der Waals surface area contributed by atoms with Crippen LogP contribution in [0.15, 0.2) is 54.6 Å². The van der Waals surface area contributed by atoms with Crippen molar-refractivity contribution in [2.24, 2.45) is 5.92 Å². The Kier molecular flexibility index (Phi) is 4.84. The molecule has 2 N–H and O–H groups in total. The Morgan fingerprint density at radius 1 is 1.12 bits per heavy atom. The van der Waals surface area contributed by atoms with Crippen molar-refractivity contribution in [1.29, 1.82) is 0 Å². The average molecular weight is 354 g/mol. The SMILES string of the molecule is CC1(CCc2ccccc2)NC(=O)C(C(=O)Nc2ccccc2F)C1=O. The molecule has 0 radical (unpaired) electrons. The number of amides is 2. The summed E-state index contributed by atoms with van der Waals surface area (Å²) in [5.74, 6) is -4.07. The van der Waals surface area contributed by atoms with E-state index >= 15 is 0 Å². The van der Waals surface area contributed by atoms with Crippen molar-refractivity contribution in [2.45, 2.75) is 25.3 Å². The zero-order valence-corrected chi connectivity index (χ0v) is 14.3. The van der Waals surface area contributed by atoms with Crippen LogP contribution in [0.25, 0.3) is 0 Å². The summed E-state index contributed by atoms with van der Waals surface area (Å²) in [5, 5.41) is 4.97. The third-order valence-corrected chi connectivity index (χ3v) is 4.62. The predicted octanol–water partition coefficient (Wildman–Crippen LogP) is 2.47. The topological polar surface area (TPSA) is 75.3 Å². The molecule has 3 rings (SSSR count). The average Bonchev–Trinajstić information content (AvgIpc) is 2.85. The standard InChI is InChI=1S/C20H19FN2O3/c1-20(12-11-13-7-3-2-4-8-13)17(24)16(19(26)23-20)18(25)22-15-10-6-5-9-14(15)21/h2-10,16H,11-12H2,1H3,(H,22,25)(H,23,26). The Labute approximate surface area is 150 Å². The summed E-state index contributed by atoms with van der Waals surface area (Å²) >= 11 is 0. The van der Waals surface area contributed by atoms with Crippen molar-refractivity contribution in [3.05, 3.63) is 66.0 Å². The third kappa shape index (κ3) is 3.49. The number of nitrogens with one attached hydrogen (secondary N) is 2. The molecule has 1 saturated heterocycles. The van der Waals surface area contributed by atoms with E-state index in [4.69, 9.17) is 0 Å². The number of hydrogen-bond acceptors (Lipinski definition) is 3. The molecule has 6 heteroatoms. The fourth-order valence-electron chi connectivity index (χ4n) is 3.07. The highest BCUT2D eigenvalue weighted by Gasteiger charge is 2.52. The molecule has 0 aliphatic carbocycles. The maximum absolute atomic E-state index is 13.7. The van der Waals surface area contributed by atoms with Crippen molar-refractivity contribution < 1.29 is 18.8 Å². The Bertz CT molecular complexity index is 853. The first kappa shape index (κ1) is 17.8. The number of halogens is 1. The van der Waals surface area contributed by atoms with Gasteiger partial charge in [0.2, 0.25) is 11.8 Å². The van der Waals surface area contributed by atoms with Crippen LogP contribution < -0.4 is 10.6 Å². The maximum Gasteiger partial charge on any atom is 0.244 e. The van der Waals surface area contributed by atoms with Gasteiger partial charge in [0.15, 0.2) is 11.7 Å². The number of hydrogen-bond donors (Lipinski definition) is 2. The van der Waals surface area contributed by atoms with Crippen LogP contribution in [-0.4, -0.2) is 23.1 Å². The Balaban J connectivity index is 1.71. The van der Waals surface area contributed by atoms with Crippen molar-refractivity contribution in [2.75, 3.05) is 5.32 Å². The zero-order chi connectivity index (χ0) is 18.7. The second-order valence-electron chi connectivity index (χ2n) is 6.57. The van der Waals surface area contributed by atoms with Gasteiger partial charge in [0.25, 0.3) is 0 Å². The molecule has 1 fully saturated rings. The van der Waals surface area contributed by atoms with Crippen LogP contribution in [0.2, 0.25) is 0 Å². The summed E-state index contributed by atoms with van der Waals surface area (Å²) in [5.41, 5.74) is -0.143. The molecule has 2 aromatic rings. The van der Waals surface area contributed by atoms with Crippen molar-refractivity contribution in [1.82, 2.24) is 5.32 Å². The molecule has 1 heterocycles. The highest BCUT2D eigenvalue weighted by Crippen LogP contribution is 2.27. The van der Waals surface area contributed by atoms with Crippen LogP contribution in [0.4, 0.5) is 10.1 Å².